The zero-order valence-corrected chi connectivity index (χ0v) is 10.8. The summed E-state index contributed by atoms with van der Waals surface area (Å²) < 4.78 is 0. The van der Waals surface area contributed by atoms with Gasteiger partial charge >= 0.3 is 0 Å². The topological polar surface area (TPSA) is 42.2 Å². The third-order valence-corrected chi connectivity index (χ3v) is 4.29. The smallest absolute Gasteiger partial charge is 0.187 e. The van der Waals surface area contributed by atoms with Gasteiger partial charge in [0.2, 0.25) is 0 Å². The molecule has 1 heterocycles. The minimum absolute atomic E-state index is 0.655. The predicted molar refractivity (Wildman–Crippen MR) is 71.0 cm³/mol. The van der Waals surface area contributed by atoms with E-state index < -0.39 is 0 Å². The Balaban J connectivity index is 1.94. The third-order valence-electron chi connectivity index (χ3n) is 3.37. The maximum absolute atomic E-state index is 5.68. The maximum atomic E-state index is 5.68. The van der Waals surface area contributed by atoms with Gasteiger partial charge in [0.25, 0.3) is 0 Å². The lowest BCUT2D eigenvalue weighted by Crippen LogP contribution is -2.30. The molecule has 0 spiro atoms. The first-order valence-electron chi connectivity index (χ1n) is 6.25. The molecule has 2 N–H and O–H groups in total. The molecule has 2 rings (SSSR count). The molecule has 0 atom stereocenters. The average molecular weight is 239 g/mol. The van der Waals surface area contributed by atoms with Crippen LogP contribution < -0.4 is 10.6 Å². The molecule has 1 aromatic heterocycles. The largest absolute Gasteiger partial charge is 0.383 e. The summed E-state index contributed by atoms with van der Waals surface area (Å²) in [7, 11) is 0. The van der Waals surface area contributed by atoms with E-state index in [1.165, 1.54) is 32.1 Å². The molecule has 1 aliphatic rings. The van der Waals surface area contributed by atoms with Crippen molar-refractivity contribution in [2.45, 2.75) is 39.0 Å². The normalized spacial score (nSPS) is 17.6. The SMILES string of the molecule is CCN(CC1CCCCC1)c1nc(N)cs1. The molecule has 16 heavy (non-hydrogen) atoms. The van der Waals surface area contributed by atoms with Crippen LogP contribution in [-0.4, -0.2) is 18.1 Å². The second kappa shape index (κ2) is 5.53. The molecule has 3 nitrogen and oxygen atoms in total. The Morgan fingerprint density at radius 2 is 2.19 bits per heavy atom. The summed E-state index contributed by atoms with van der Waals surface area (Å²) >= 11 is 1.66. The van der Waals surface area contributed by atoms with E-state index in [-0.39, 0.29) is 0 Å². The van der Waals surface area contributed by atoms with Crippen molar-refractivity contribution >= 4 is 22.3 Å². The highest BCUT2D eigenvalue weighted by Crippen LogP contribution is 2.28. The molecule has 4 heteroatoms. The summed E-state index contributed by atoms with van der Waals surface area (Å²) in [6.07, 6.45) is 7.01. The highest BCUT2D eigenvalue weighted by Gasteiger charge is 2.18. The lowest BCUT2D eigenvalue weighted by Gasteiger charge is -2.28. The summed E-state index contributed by atoms with van der Waals surface area (Å²) in [5.41, 5.74) is 5.68. The maximum Gasteiger partial charge on any atom is 0.187 e. The van der Waals surface area contributed by atoms with Crippen LogP contribution in [0.2, 0.25) is 0 Å². The van der Waals surface area contributed by atoms with E-state index in [1.807, 2.05) is 5.38 Å². The van der Waals surface area contributed by atoms with Gasteiger partial charge in [-0.15, -0.1) is 11.3 Å². The van der Waals surface area contributed by atoms with Gasteiger partial charge in [-0.25, -0.2) is 4.98 Å². The molecule has 1 saturated carbocycles. The molecule has 1 fully saturated rings. The second-order valence-corrected chi connectivity index (χ2v) is 5.43. The van der Waals surface area contributed by atoms with Gasteiger partial charge in [0.15, 0.2) is 5.13 Å². The van der Waals surface area contributed by atoms with Crippen molar-refractivity contribution in [3.8, 4) is 0 Å². The van der Waals surface area contributed by atoms with Crippen LogP contribution in [0.1, 0.15) is 39.0 Å². The fourth-order valence-electron chi connectivity index (χ4n) is 2.45. The van der Waals surface area contributed by atoms with Crippen molar-refractivity contribution in [3.63, 3.8) is 0 Å². The van der Waals surface area contributed by atoms with Crippen LogP contribution >= 0.6 is 11.3 Å². The fraction of sp³-hybridized carbons (Fsp3) is 0.750. The van der Waals surface area contributed by atoms with Gasteiger partial charge in [-0.1, -0.05) is 19.3 Å². The van der Waals surface area contributed by atoms with Gasteiger partial charge in [-0.2, -0.15) is 0 Å². The molecule has 0 saturated heterocycles. The summed E-state index contributed by atoms with van der Waals surface area (Å²) in [6.45, 7) is 4.38. The summed E-state index contributed by atoms with van der Waals surface area (Å²) in [5.74, 6) is 1.51. The van der Waals surface area contributed by atoms with Crippen molar-refractivity contribution in [3.05, 3.63) is 5.38 Å². The predicted octanol–water partition coefficient (Wildman–Crippen LogP) is 3.13. The van der Waals surface area contributed by atoms with Crippen molar-refractivity contribution in [2.24, 2.45) is 5.92 Å². The van der Waals surface area contributed by atoms with Crippen LogP contribution in [0.5, 0.6) is 0 Å². The Bertz CT molecular complexity index is 318. The number of anilines is 2. The quantitative estimate of drug-likeness (QED) is 0.877. The average Bonchev–Trinajstić information content (AvgIpc) is 2.74. The summed E-state index contributed by atoms with van der Waals surface area (Å²) in [5, 5.41) is 3.02. The van der Waals surface area contributed by atoms with Gasteiger partial charge in [0, 0.05) is 18.5 Å². The van der Waals surface area contributed by atoms with Crippen molar-refractivity contribution in [1.29, 1.82) is 0 Å². The number of nitrogens with zero attached hydrogens (tertiary/aromatic N) is 2. The molecule has 1 aromatic rings. The molecular formula is C12H21N3S. The van der Waals surface area contributed by atoms with Crippen LogP contribution in [0.25, 0.3) is 0 Å². The molecule has 0 aliphatic heterocycles. The fourth-order valence-corrected chi connectivity index (χ4v) is 3.23. The highest BCUT2D eigenvalue weighted by atomic mass is 32.1. The molecule has 0 radical (unpaired) electrons. The van der Waals surface area contributed by atoms with Crippen molar-refractivity contribution in [2.75, 3.05) is 23.7 Å². The lowest BCUT2D eigenvalue weighted by atomic mass is 9.89. The molecule has 90 valence electrons. The van der Waals surface area contributed by atoms with E-state index in [9.17, 15) is 0 Å². The van der Waals surface area contributed by atoms with E-state index in [4.69, 9.17) is 5.73 Å². The third kappa shape index (κ3) is 2.88. The minimum Gasteiger partial charge on any atom is -0.383 e. The minimum atomic E-state index is 0.655. The van der Waals surface area contributed by atoms with Crippen LogP contribution in [-0.2, 0) is 0 Å². The van der Waals surface area contributed by atoms with Crippen molar-refractivity contribution < 1.29 is 0 Å². The molecular weight excluding hydrogens is 218 g/mol. The Kier molecular flexibility index (Phi) is 4.04. The van der Waals surface area contributed by atoms with Gasteiger partial charge in [-0.05, 0) is 25.7 Å². The first kappa shape index (κ1) is 11.7. The lowest BCUT2D eigenvalue weighted by molar-refractivity contribution is 0.359. The number of hydrogen-bond acceptors (Lipinski definition) is 4. The number of rotatable bonds is 4. The van der Waals surface area contributed by atoms with E-state index >= 15 is 0 Å². The Morgan fingerprint density at radius 1 is 1.44 bits per heavy atom. The van der Waals surface area contributed by atoms with Crippen LogP contribution in [0.3, 0.4) is 0 Å². The molecule has 1 aliphatic carbocycles. The number of hydrogen-bond donors (Lipinski definition) is 1. The van der Waals surface area contributed by atoms with Crippen LogP contribution in [0, 0.1) is 5.92 Å². The van der Waals surface area contributed by atoms with Crippen molar-refractivity contribution in [1.82, 2.24) is 4.98 Å². The molecule has 0 bridgehead atoms. The van der Waals surface area contributed by atoms with E-state index in [2.05, 4.69) is 16.8 Å². The zero-order valence-electron chi connectivity index (χ0n) is 9.98. The first-order chi connectivity index (χ1) is 7.79. The standard InChI is InChI=1S/C12H21N3S/c1-2-15(12-14-11(13)9-16-12)8-10-6-4-3-5-7-10/h9-10H,2-8,13H2,1H3. The Hall–Kier alpha value is -0.770. The zero-order chi connectivity index (χ0) is 11.4. The number of aromatic nitrogens is 1. The van der Waals surface area contributed by atoms with Crippen LogP contribution in [0.4, 0.5) is 10.9 Å². The second-order valence-electron chi connectivity index (χ2n) is 4.60. The Labute approximate surface area is 102 Å². The van der Waals surface area contributed by atoms with Gasteiger partial charge in [0.1, 0.15) is 5.82 Å². The van der Waals surface area contributed by atoms with Gasteiger partial charge in [0.05, 0.1) is 0 Å². The number of thiazole rings is 1. The van der Waals surface area contributed by atoms with Crippen LogP contribution in [0.15, 0.2) is 5.38 Å². The van der Waals surface area contributed by atoms with Gasteiger partial charge < -0.3 is 10.6 Å². The summed E-state index contributed by atoms with van der Waals surface area (Å²) in [4.78, 5) is 6.74. The van der Waals surface area contributed by atoms with E-state index in [0.29, 0.717) is 5.82 Å². The van der Waals surface area contributed by atoms with E-state index in [1.54, 1.807) is 11.3 Å². The molecule has 0 amide bonds. The monoisotopic (exact) mass is 239 g/mol. The Morgan fingerprint density at radius 3 is 2.75 bits per heavy atom. The summed E-state index contributed by atoms with van der Waals surface area (Å²) in [6, 6.07) is 0. The number of nitrogen functional groups attached to an aromatic ring is 1. The number of nitrogens with two attached hydrogens (primary N) is 1. The first-order valence-corrected chi connectivity index (χ1v) is 7.13. The van der Waals surface area contributed by atoms with Gasteiger partial charge in [-0.3, -0.25) is 0 Å². The van der Waals surface area contributed by atoms with E-state index in [0.717, 1.165) is 24.1 Å². The highest BCUT2D eigenvalue weighted by molar-refractivity contribution is 7.14. The molecule has 0 unspecified atom stereocenters. The molecule has 0 aromatic carbocycles.